The van der Waals surface area contributed by atoms with Crippen LogP contribution >= 0.6 is 0 Å². The monoisotopic (exact) mass is 394 g/mol. The number of benzene rings is 2. The highest BCUT2D eigenvalue weighted by molar-refractivity contribution is 6.06. The number of esters is 1. The Hall–Kier alpha value is -3.15. The van der Waals surface area contributed by atoms with Crippen LogP contribution in [0.4, 0.5) is 5.69 Å². The summed E-state index contributed by atoms with van der Waals surface area (Å²) >= 11 is 0. The van der Waals surface area contributed by atoms with Gasteiger partial charge in [0, 0.05) is 29.4 Å². The highest BCUT2D eigenvalue weighted by Crippen LogP contribution is 2.22. The lowest BCUT2D eigenvalue weighted by Gasteiger charge is -2.35. The van der Waals surface area contributed by atoms with Crippen molar-refractivity contribution in [1.82, 2.24) is 4.90 Å². The fourth-order valence-corrected chi connectivity index (χ4v) is 3.66. The number of rotatable bonds is 5. The summed E-state index contributed by atoms with van der Waals surface area (Å²) in [5.74, 6) is -0.762. The van der Waals surface area contributed by atoms with Crippen molar-refractivity contribution in [2.24, 2.45) is 0 Å². The van der Waals surface area contributed by atoms with Gasteiger partial charge in [0.25, 0.3) is 11.8 Å². The molecule has 1 aliphatic rings. The molecule has 1 atom stereocenters. The summed E-state index contributed by atoms with van der Waals surface area (Å²) < 4.78 is 4.67. The smallest absolute Gasteiger partial charge is 0.337 e. The Morgan fingerprint density at radius 1 is 1.03 bits per heavy atom. The number of hydrogen-bond donors (Lipinski definition) is 1. The maximum atomic E-state index is 13.0. The van der Waals surface area contributed by atoms with Crippen LogP contribution in [0.5, 0.6) is 0 Å². The molecule has 29 heavy (non-hydrogen) atoms. The van der Waals surface area contributed by atoms with Gasteiger partial charge in [0.05, 0.1) is 12.7 Å². The molecule has 2 aromatic rings. The summed E-state index contributed by atoms with van der Waals surface area (Å²) in [6.07, 6.45) is 4.14. The Kier molecular flexibility index (Phi) is 6.65. The molecule has 152 valence electrons. The lowest BCUT2D eigenvalue weighted by Crippen LogP contribution is -2.43. The zero-order valence-electron chi connectivity index (χ0n) is 16.8. The molecule has 6 nitrogen and oxygen atoms in total. The maximum absolute atomic E-state index is 13.0. The molecule has 0 aliphatic carbocycles. The van der Waals surface area contributed by atoms with Crippen molar-refractivity contribution >= 4 is 23.5 Å². The van der Waals surface area contributed by atoms with Gasteiger partial charge in [-0.25, -0.2) is 4.79 Å². The van der Waals surface area contributed by atoms with E-state index in [-0.39, 0.29) is 17.9 Å². The first-order valence-corrected chi connectivity index (χ1v) is 9.94. The van der Waals surface area contributed by atoms with Crippen molar-refractivity contribution < 1.29 is 19.1 Å². The van der Waals surface area contributed by atoms with Crippen LogP contribution in [0.25, 0.3) is 0 Å². The zero-order valence-corrected chi connectivity index (χ0v) is 16.8. The highest BCUT2D eigenvalue weighted by atomic mass is 16.5. The summed E-state index contributed by atoms with van der Waals surface area (Å²) in [4.78, 5) is 39.1. The first-order valence-electron chi connectivity index (χ1n) is 9.94. The second-order valence-corrected chi connectivity index (χ2v) is 7.16. The Morgan fingerprint density at radius 3 is 2.45 bits per heavy atom. The van der Waals surface area contributed by atoms with Gasteiger partial charge in [-0.15, -0.1) is 0 Å². The number of methoxy groups -OCH3 is 1. The molecule has 2 amide bonds. The second-order valence-electron chi connectivity index (χ2n) is 7.16. The molecule has 1 heterocycles. The van der Waals surface area contributed by atoms with E-state index in [1.54, 1.807) is 48.5 Å². The summed E-state index contributed by atoms with van der Waals surface area (Å²) in [7, 11) is 1.32. The molecule has 1 unspecified atom stereocenters. The van der Waals surface area contributed by atoms with E-state index < -0.39 is 5.97 Å². The minimum absolute atomic E-state index is 0.0198. The van der Waals surface area contributed by atoms with Crippen LogP contribution in [0.1, 0.15) is 63.7 Å². The highest BCUT2D eigenvalue weighted by Gasteiger charge is 2.26. The summed E-state index contributed by atoms with van der Waals surface area (Å²) in [5, 5.41) is 2.79. The van der Waals surface area contributed by atoms with Crippen molar-refractivity contribution in [3.63, 3.8) is 0 Å². The molecule has 1 N–H and O–H groups in total. The molecule has 3 rings (SSSR count). The molecule has 0 radical (unpaired) electrons. The van der Waals surface area contributed by atoms with Crippen LogP contribution < -0.4 is 5.32 Å². The molecule has 6 heteroatoms. The lowest BCUT2D eigenvalue weighted by atomic mass is 9.98. The van der Waals surface area contributed by atoms with Crippen LogP contribution in [-0.2, 0) is 4.74 Å². The number of hydrogen-bond acceptors (Lipinski definition) is 4. The topological polar surface area (TPSA) is 75.7 Å². The number of anilines is 1. The standard InChI is InChI=1S/C23H26N2O4/c1-3-20-9-4-5-14-25(20)22(27)18-8-6-7-17(15-18)21(26)24-19-12-10-16(11-13-19)23(28)29-2/h6-8,10-13,15,20H,3-5,9,14H2,1-2H3,(H,24,26). The largest absolute Gasteiger partial charge is 0.465 e. The SMILES string of the molecule is CCC1CCCCN1C(=O)c1cccc(C(=O)Nc2ccc(C(=O)OC)cc2)c1. The normalized spacial score (nSPS) is 16.2. The Morgan fingerprint density at radius 2 is 1.76 bits per heavy atom. The fourth-order valence-electron chi connectivity index (χ4n) is 3.66. The van der Waals surface area contributed by atoms with Gasteiger partial charge in [0.1, 0.15) is 0 Å². The minimum Gasteiger partial charge on any atom is -0.465 e. The van der Waals surface area contributed by atoms with Crippen LogP contribution in [-0.4, -0.2) is 42.4 Å². The van der Waals surface area contributed by atoms with Crippen molar-refractivity contribution in [1.29, 1.82) is 0 Å². The Bertz CT molecular complexity index is 892. The Balaban J connectivity index is 1.72. The van der Waals surface area contributed by atoms with Crippen molar-refractivity contribution in [2.45, 2.75) is 38.6 Å². The lowest BCUT2D eigenvalue weighted by molar-refractivity contribution is 0.0595. The number of nitrogens with zero attached hydrogens (tertiary/aromatic N) is 1. The van der Waals surface area contributed by atoms with Gasteiger partial charge in [-0.2, -0.15) is 0 Å². The van der Waals surface area contributed by atoms with Crippen LogP contribution in [0, 0.1) is 0 Å². The van der Waals surface area contributed by atoms with Crippen molar-refractivity contribution in [3.8, 4) is 0 Å². The quantitative estimate of drug-likeness (QED) is 0.774. The number of likely N-dealkylation sites (tertiary alicyclic amines) is 1. The molecule has 1 saturated heterocycles. The molecule has 0 spiro atoms. The maximum Gasteiger partial charge on any atom is 0.337 e. The molecule has 0 saturated carbocycles. The second kappa shape index (κ2) is 9.37. The number of piperidine rings is 1. The first kappa shape index (κ1) is 20.6. The number of nitrogens with one attached hydrogen (secondary N) is 1. The summed E-state index contributed by atoms with van der Waals surface area (Å²) in [5.41, 5.74) is 1.91. The minimum atomic E-state index is -0.433. The first-order chi connectivity index (χ1) is 14.0. The van der Waals surface area contributed by atoms with E-state index in [0.717, 1.165) is 32.2 Å². The van der Waals surface area contributed by atoms with E-state index in [1.165, 1.54) is 7.11 Å². The van der Waals surface area contributed by atoms with E-state index in [0.29, 0.717) is 22.4 Å². The van der Waals surface area contributed by atoms with Gasteiger partial charge in [-0.05, 0) is 68.1 Å². The van der Waals surface area contributed by atoms with Gasteiger partial charge in [0.15, 0.2) is 0 Å². The predicted octanol–water partition coefficient (Wildman–Crippen LogP) is 4.13. The van der Waals surface area contributed by atoms with E-state index in [2.05, 4.69) is 17.0 Å². The van der Waals surface area contributed by atoms with E-state index >= 15 is 0 Å². The molecular weight excluding hydrogens is 368 g/mol. The third-order valence-corrected chi connectivity index (χ3v) is 5.29. The third kappa shape index (κ3) is 4.83. The van der Waals surface area contributed by atoms with Gasteiger partial charge < -0.3 is 15.0 Å². The molecule has 0 bridgehead atoms. The van der Waals surface area contributed by atoms with Crippen molar-refractivity contribution in [3.05, 3.63) is 65.2 Å². The van der Waals surface area contributed by atoms with Gasteiger partial charge in [-0.3, -0.25) is 9.59 Å². The summed E-state index contributed by atoms with van der Waals surface area (Å²) in [6, 6.07) is 13.5. The van der Waals surface area contributed by atoms with E-state index in [4.69, 9.17) is 0 Å². The molecule has 1 aliphatic heterocycles. The van der Waals surface area contributed by atoms with E-state index in [1.807, 2.05) is 4.90 Å². The molecule has 1 fully saturated rings. The van der Waals surface area contributed by atoms with Crippen LogP contribution in [0.15, 0.2) is 48.5 Å². The average Bonchev–Trinajstić information content (AvgIpc) is 2.78. The van der Waals surface area contributed by atoms with Gasteiger partial charge in [-0.1, -0.05) is 13.0 Å². The van der Waals surface area contributed by atoms with Gasteiger partial charge in [0.2, 0.25) is 0 Å². The number of amides is 2. The van der Waals surface area contributed by atoms with Gasteiger partial charge >= 0.3 is 5.97 Å². The fraction of sp³-hybridized carbons (Fsp3) is 0.348. The van der Waals surface area contributed by atoms with Crippen LogP contribution in [0.2, 0.25) is 0 Å². The molecular formula is C23H26N2O4. The number of carbonyl (C=O) groups is 3. The molecule has 0 aromatic heterocycles. The predicted molar refractivity (Wildman–Crippen MR) is 111 cm³/mol. The number of ether oxygens (including phenoxy) is 1. The average molecular weight is 394 g/mol. The number of carbonyl (C=O) groups excluding carboxylic acids is 3. The summed E-state index contributed by atoms with van der Waals surface area (Å²) in [6.45, 7) is 2.87. The zero-order chi connectivity index (χ0) is 20.8. The third-order valence-electron chi connectivity index (χ3n) is 5.29. The van der Waals surface area contributed by atoms with E-state index in [9.17, 15) is 14.4 Å². The van der Waals surface area contributed by atoms with Crippen molar-refractivity contribution in [2.75, 3.05) is 19.0 Å². The van der Waals surface area contributed by atoms with Crippen LogP contribution in [0.3, 0.4) is 0 Å². The Labute approximate surface area is 170 Å². The molecule has 2 aromatic carbocycles.